The molecular weight excluding hydrogens is 140 g/mol. The molecule has 0 aromatic heterocycles. The van der Waals surface area contributed by atoms with Gasteiger partial charge in [-0.3, -0.25) is 5.41 Å². The second-order valence-electron chi connectivity index (χ2n) is 3.10. The summed E-state index contributed by atoms with van der Waals surface area (Å²) in [4.78, 5) is 0. The first-order chi connectivity index (χ1) is 5.29. The summed E-state index contributed by atoms with van der Waals surface area (Å²) in [6, 6.07) is 0. The summed E-state index contributed by atoms with van der Waals surface area (Å²) in [5.41, 5.74) is 5.17. The van der Waals surface area contributed by atoms with Gasteiger partial charge in [0, 0.05) is 0 Å². The van der Waals surface area contributed by atoms with Crippen LogP contribution in [0.1, 0.15) is 32.1 Å². The maximum absolute atomic E-state index is 6.97. The molecule has 0 heterocycles. The van der Waals surface area contributed by atoms with Crippen LogP contribution in [-0.4, -0.2) is 18.5 Å². The van der Waals surface area contributed by atoms with Crippen LogP contribution in [0.2, 0.25) is 0 Å². The molecule has 1 rings (SSSR count). The Morgan fingerprint density at radius 1 is 1.36 bits per heavy atom. The number of ether oxygens (including phenoxy) is 1. The Morgan fingerprint density at radius 3 is 2.55 bits per heavy atom. The lowest BCUT2D eigenvalue weighted by Crippen LogP contribution is -2.24. The van der Waals surface area contributed by atoms with Gasteiger partial charge in [0.2, 0.25) is 0 Å². The highest BCUT2D eigenvalue weighted by atomic mass is 16.5. The molecule has 0 aromatic rings. The Kier molecular flexibility index (Phi) is 3.36. The maximum Gasteiger partial charge on any atom is 0.117 e. The van der Waals surface area contributed by atoms with E-state index in [1.807, 2.05) is 0 Å². The van der Waals surface area contributed by atoms with E-state index in [0.29, 0.717) is 12.7 Å². The fraction of sp³-hybridized carbons (Fsp3) is 0.875. The number of hydrogen-bond acceptors (Lipinski definition) is 2. The SMILES string of the molecule is N=C(N)COC1CCCCC1. The van der Waals surface area contributed by atoms with Crippen molar-refractivity contribution >= 4 is 5.84 Å². The van der Waals surface area contributed by atoms with Gasteiger partial charge in [0.25, 0.3) is 0 Å². The molecule has 0 amide bonds. The Morgan fingerprint density at radius 2 is 2.00 bits per heavy atom. The van der Waals surface area contributed by atoms with Gasteiger partial charge in [-0.25, -0.2) is 0 Å². The molecule has 1 aliphatic rings. The van der Waals surface area contributed by atoms with E-state index in [9.17, 15) is 0 Å². The highest BCUT2D eigenvalue weighted by Crippen LogP contribution is 2.19. The zero-order chi connectivity index (χ0) is 8.10. The first kappa shape index (κ1) is 8.53. The third-order valence-corrected chi connectivity index (χ3v) is 2.03. The highest BCUT2D eigenvalue weighted by molar-refractivity contribution is 5.78. The molecule has 11 heavy (non-hydrogen) atoms. The quantitative estimate of drug-likeness (QED) is 0.477. The second-order valence-corrected chi connectivity index (χ2v) is 3.10. The van der Waals surface area contributed by atoms with Crippen LogP contribution in [0.15, 0.2) is 0 Å². The van der Waals surface area contributed by atoms with Crippen molar-refractivity contribution in [3.8, 4) is 0 Å². The average Bonchev–Trinajstić information content (AvgIpc) is 2.03. The smallest absolute Gasteiger partial charge is 0.117 e. The molecule has 0 bridgehead atoms. The highest BCUT2D eigenvalue weighted by Gasteiger charge is 2.13. The summed E-state index contributed by atoms with van der Waals surface area (Å²) in [5, 5.41) is 6.97. The Balaban J connectivity index is 2.09. The number of nitrogens with two attached hydrogens (primary N) is 1. The van der Waals surface area contributed by atoms with E-state index >= 15 is 0 Å². The van der Waals surface area contributed by atoms with Crippen molar-refractivity contribution in [3.05, 3.63) is 0 Å². The van der Waals surface area contributed by atoms with Crippen molar-refractivity contribution in [3.63, 3.8) is 0 Å². The average molecular weight is 156 g/mol. The van der Waals surface area contributed by atoms with Gasteiger partial charge < -0.3 is 10.5 Å². The Bertz CT molecular complexity index is 130. The van der Waals surface area contributed by atoms with Crippen LogP contribution in [-0.2, 0) is 4.74 Å². The lowest BCUT2D eigenvalue weighted by atomic mass is 9.98. The van der Waals surface area contributed by atoms with E-state index in [4.69, 9.17) is 15.9 Å². The predicted octanol–water partition coefficient (Wildman–Crippen LogP) is 1.27. The van der Waals surface area contributed by atoms with Crippen LogP contribution < -0.4 is 5.73 Å². The van der Waals surface area contributed by atoms with E-state index < -0.39 is 0 Å². The van der Waals surface area contributed by atoms with Crippen LogP contribution >= 0.6 is 0 Å². The largest absolute Gasteiger partial charge is 0.386 e. The van der Waals surface area contributed by atoms with Crippen LogP contribution in [0, 0.1) is 5.41 Å². The lowest BCUT2D eigenvalue weighted by Gasteiger charge is -2.21. The Labute approximate surface area is 67.4 Å². The monoisotopic (exact) mass is 156 g/mol. The summed E-state index contributed by atoms with van der Waals surface area (Å²) in [6.45, 7) is 0.310. The van der Waals surface area contributed by atoms with Gasteiger partial charge in [-0.2, -0.15) is 0 Å². The molecule has 0 spiro atoms. The molecule has 1 fully saturated rings. The third-order valence-electron chi connectivity index (χ3n) is 2.03. The number of amidine groups is 1. The minimum Gasteiger partial charge on any atom is -0.386 e. The summed E-state index contributed by atoms with van der Waals surface area (Å²) < 4.78 is 5.39. The van der Waals surface area contributed by atoms with Crippen molar-refractivity contribution < 1.29 is 4.74 Å². The van der Waals surface area contributed by atoms with Gasteiger partial charge in [-0.15, -0.1) is 0 Å². The molecule has 3 nitrogen and oxygen atoms in total. The van der Waals surface area contributed by atoms with E-state index in [1.165, 1.54) is 19.3 Å². The zero-order valence-electron chi connectivity index (χ0n) is 6.81. The van der Waals surface area contributed by atoms with Gasteiger partial charge in [-0.1, -0.05) is 19.3 Å². The predicted molar refractivity (Wildman–Crippen MR) is 44.7 cm³/mol. The molecule has 0 atom stereocenters. The molecule has 64 valence electrons. The van der Waals surface area contributed by atoms with Crippen molar-refractivity contribution in [2.45, 2.75) is 38.2 Å². The van der Waals surface area contributed by atoms with Gasteiger partial charge in [0.1, 0.15) is 12.4 Å². The summed E-state index contributed by atoms with van der Waals surface area (Å²) in [7, 11) is 0. The van der Waals surface area contributed by atoms with Crippen molar-refractivity contribution in [1.29, 1.82) is 5.41 Å². The van der Waals surface area contributed by atoms with Gasteiger partial charge in [0.15, 0.2) is 0 Å². The van der Waals surface area contributed by atoms with Crippen LogP contribution in [0.25, 0.3) is 0 Å². The fourth-order valence-electron chi connectivity index (χ4n) is 1.44. The van der Waals surface area contributed by atoms with E-state index in [1.54, 1.807) is 0 Å². The van der Waals surface area contributed by atoms with Crippen LogP contribution in [0.3, 0.4) is 0 Å². The molecule has 0 radical (unpaired) electrons. The third kappa shape index (κ3) is 3.37. The summed E-state index contributed by atoms with van der Waals surface area (Å²) in [6.07, 6.45) is 6.53. The van der Waals surface area contributed by atoms with Gasteiger partial charge >= 0.3 is 0 Å². The van der Waals surface area contributed by atoms with E-state index in [-0.39, 0.29) is 5.84 Å². The number of nitrogens with one attached hydrogen (secondary N) is 1. The standard InChI is InChI=1S/C8H16N2O/c9-8(10)6-11-7-4-2-1-3-5-7/h7H,1-6H2,(H3,9,10). The molecule has 0 saturated heterocycles. The van der Waals surface area contributed by atoms with Crippen molar-refractivity contribution in [2.24, 2.45) is 5.73 Å². The molecule has 3 N–H and O–H groups in total. The summed E-state index contributed by atoms with van der Waals surface area (Å²) in [5.74, 6) is 0.135. The normalized spacial score (nSPS) is 20.0. The lowest BCUT2D eigenvalue weighted by molar-refractivity contribution is 0.0523. The molecular formula is C8H16N2O. The topological polar surface area (TPSA) is 59.1 Å². The molecule has 1 saturated carbocycles. The van der Waals surface area contributed by atoms with E-state index in [0.717, 1.165) is 12.8 Å². The van der Waals surface area contributed by atoms with E-state index in [2.05, 4.69) is 0 Å². The fourth-order valence-corrected chi connectivity index (χ4v) is 1.44. The molecule has 0 aliphatic heterocycles. The zero-order valence-corrected chi connectivity index (χ0v) is 6.81. The first-order valence-electron chi connectivity index (χ1n) is 4.23. The molecule has 3 heteroatoms. The minimum absolute atomic E-state index is 0.135. The second kappa shape index (κ2) is 4.34. The minimum atomic E-state index is 0.135. The van der Waals surface area contributed by atoms with Gasteiger partial charge in [-0.05, 0) is 12.8 Å². The summed E-state index contributed by atoms with van der Waals surface area (Å²) >= 11 is 0. The maximum atomic E-state index is 6.97. The molecule has 1 aliphatic carbocycles. The van der Waals surface area contributed by atoms with Crippen LogP contribution in [0.5, 0.6) is 0 Å². The van der Waals surface area contributed by atoms with Crippen LogP contribution in [0.4, 0.5) is 0 Å². The van der Waals surface area contributed by atoms with Crippen molar-refractivity contribution in [2.75, 3.05) is 6.61 Å². The molecule has 0 aromatic carbocycles. The number of rotatable bonds is 3. The Hall–Kier alpha value is -0.570. The van der Waals surface area contributed by atoms with Crippen molar-refractivity contribution in [1.82, 2.24) is 0 Å². The number of hydrogen-bond donors (Lipinski definition) is 2. The van der Waals surface area contributed by atoms with Gasteiger partial charge in [0.05, 0.1) is 6.10 Å². The first-order valence-corrected chi connectivity index (χ1v) is 4.23. The molecule has 0 unspecified atom stereocenters.